The Morgan fingerprint density at radius 1 is 1.29 bits per heavy atom. The van der Waals surface area contributed by atoms with Gasteiger partial charge in [0.2, 0.25) is 5.91 Å². The van der Waals surface area contributed by atoms with Crippen molar-refractivity contribution in [3.8, 4) is 0 Å². The molecule has 5 nitrogen and oxygen atoms in total. The molecule has 1 unspecified atom stereocenters. The topological polar surface area (TPSA) is 81.4 Å². The lowest BCUT2D eigenvalue weighted by Gasteiger charge is -2.22. The number of hydrogen-bond donors (Lipinski definition) is 2. The van der Waals surface area contributed by atoms with Gasteiger partial charge >= 0.3 is 5.97 Å². The highest BCUT2D eigenvalue weighted by Crippen LogP contribution is 2.14. The number of rotatable bonds is 6. The molecule has 0 saturated carbocycles. The molecular formula is C12H24N2O3. The van der Waals surface area contributed by atoms with E-state index in [1.165, 1.54) is 7.11 Å². The Labute approximate surface area is 103 Å². The Bertz CT molecular complexity index is 259. The maximum atomic E-state index is 11.8. The molecule has 0 rings (SSSR count). The zero-order chi connectivity index (χ0) is 13.5. The van der Waals surface area contributed by atoms with Crippen LogP contribution in [0.5, 0.6) is 0 Å². The van der Waals surface area contributed by atoms with E-state index >= 15 is 0 Å². The maximum absolute atomic E-state index is 11.8. The second kappa shape index (κ2) is 7.27. The van der Waals surface area contributed by atoms with Crippen molar-refractivity contribution < 1.29 is 14.3 Å². The molecule has 0 aliphatic carbocycles. The number of nitrogens with one attached hydrogen (secondary N) is 1. The summed E-state index contributed by atoms with van der Waals surface area (Å²) in [6.45, 7) is 5.99. The van der Waals surface area contributed by atoms with Gasteiger partial charge in [0.1, 0.15) is 6.04 Å². The molecule has 5 heteroatoms. The molecule has 0 aliphatic heterocycles. The van der Waals surface area contributed by atoms with Crippen LogP contribution in [0, 0.1) is 5.41 Å². The molecule has 0 saturated heterocycles. The van der Waals surface area contributed by atoms with Crippen molar-refractivity contribution in [1.82, 2.24) is 5.32 Å². The van der Waals surface area contributed by atoms with Crippen LogP contribution in [-0.4, -0.2) is 31.6 Å². The highest BCUT2D eigenvalue weighted by Gasteiger charge is 2.27. The van der Waals surface area contributed by atoms with Gasteiger partial charge in [-0.05, 0) is 25.8 Å². The molecule has 0 aromatic carbocycles. The van der Waals surface area contributed by atoms with Gasteiger partial charge in [-0.1, -0.05) is 20.8 Å². The van der Waals surface area contributed by atoms with Crippen LogP contribution >= 0.6 is 0 Å². The second-order valence-corrected chi connectivity index (χ2v) is 5.08. The number of carbonyl (C=O) groups is 2. The highest BCUT2D eigenvalue weighted by molar-refractivity contribution is 5.87. The second-order valence-electron chi connectivity index (χ2n) is 5.08. The fourth-order valence-corrected chi connectivity index (χ4v) is 1.26. The number of carbonyl (C=O) groups excluding carboxylic acids is 2. The third kappa shape index (κ3) is 6.26. The van der Waals surface area contributed by atoms with E-state index in [1.807, 2.05) is 0 Å². The van der Waals surface area contributed by atoms with Gasteiger partial charge in [-0.25, -0.2) is 4.79 Å². The van der Waals surface area contributed by atoms with E-state index in [0.29, 0.717) is 13.0 Å². The fraction of sp³-hybridized carbons (Fsp3) is 0.833. The summed E-state index contributed by atoms with van der Waals surface area (Å²) >= 11 is 0. The summed E-state index contributed by atoms with van der Waals surface area (Å²) in [5, 5.41) is 2.71. The fourth-order valence-electron chi connectivity index (χ4n) is 1.26. The van der Waals surface area contributed by atoms with Crippen molar-refractivity contribution >= 4 is 11.9 Å². The third-order valence-electron chi connectivity index (χ3n) is 2.42. The lowest BCUT2D eigenvalue weighted by Crippen LogP contribution is -2.46. The summed E-state index contributed by atoms with van der Waals surface area (Å²) in [4.78, 5) is 23.3. The van der Waals surface area contributed by atoms with E-state index in [0.717, 1.165) is 12.8 Å². The van der Waals surface area contributed by atoms with Gasteiger partial charge in [0.05, 0.1) is 7.11 Å². The first kappa shape index (κ1) is 15.9. The molecule has 0 radical (unpaired) electrons. The molecule has 0 bridgehead atoms. The summed E-state index contributed by atoms with van der Waals surface area (Å²) < 4.78 is 4.67. The first-order valence-corrected chi connectivity index (χ1v) is 5.91. The molecule has 3 N–H and O–H groups in total. The lowest BCUT2D eigenvalue weighted by atomic mass is 9.95. The largest absolute Gasteiger partial charge is 0.467 e. The molecular weight excluding hydrogens is 220 g/mol. The number of nitrogens with two attached hydrogens (primary N) is 1. The van der Waals surface area contributed by atoms with Crippen molar-refractivity contribution in [1.29, 1.82) is 0 Å². The molecule has 0 spiro atoms. The average molecular weight is 244 g/mol. The number of amides is 1. The van der Waals surface area contributed by atoms with Crippen LogP contribution in [0.4, 0.5) is 0 Å². The third-order valence-corrected chi connectivity index (χ3v) is 2.42. The zero-order valence-electron chi connectivity index (χ0n) is 11.2. The molecule has 0 aliphatic rings. The molecule has 1 amide bonds. The Hall–Kier alpha value is -1.10. The van der Waals surface area contributed by atoms with E-state index in [4.69, 9.17) is 5.73 Å². The average Bonchev–Trinajstić information content (AvgIpc) is 2.25. The van der Waals surface area contributed by atoms with Crippen LogP contribution in [-0.2, 0) is 14.3 Å². The van der Waals surface area contributed by atoms with Crippen LogP contribution in [0.25, 0.3) is 0 Å². The van der Waals surface area contributed by atoms with Crippen molar-refractivity contribution in [2.75, 3.05) is 13.7 Å². The minimum atomic E-state index is -0.571. The maximum Gasteiger partial charge on any atom is 0.328 e. The van der Waals surface area contributed by atoms with Crippen LogP contribution in [0.2, 0.25) is 0 Å². The number of unbranched alkanes of at least 4 members (excludes halogenated alkanes) is 1. The van der Waals surface area contributed by atoms with E-state index in [1.54, 1.807) is 20.8 Å². The Balaban J connectivity index is 4.39. The molecule has 100 valence electrons. The predicted octanol–water partition coefficient (Wildman–Crippen LogP) is 0.819. The summed E-state index contributed by atoms with van der Waals surface area (Å²) in [6, 6.07) is -0.571. The van der Waals surface area contributed by atoms with Gasteiger partial charge < -0.3 is 15.8 Å². The van der Waals surface area contributed by atoms with Crippen LogP contribution in [0.1, 0.15) is 40.0 Å². The van der Waals surface area contributed by atoms with Crippen LogP contribution in [0.3, 0.4) is 0 Å². The number of esters is 1. The quantitative estimate of drug-likeness (QED) is 0.535. The molecule has 0 aromatic rings. The lowest BCUT2D eigenvalue weighted by molar-refractivity contribution is -0.146. The molecule has 17 heavy (non-hydrogen) atoms. The predicted molar refractivity (Wildman–Crippen MR) is 66.3 cm³/mol. The molecule has 0 fully saturated rings. The number of methoxy groups -OCH3 is 1. The van der Waals surface area contributed by atoms with Gasteiger partial charge in [0, 0.05) is 5.41 Å². The monoisotopic (exact) mass is 244 g/mol. The molecule has 0 heterocycles. The van der Waals surface area contributed by atoms with Gasteiger partial charge in [0.15, 0.2) is 0 Å². The van der Waals surface area contributed by atoms with Crippen molar-refractivity contribution in [3.63, 3.8) is 0 Å². The Morgan fingerprint density at radius 3 is 2.29 bits per heavy atom. The van der Waals surface area contributed by atoms with Gasteiger partial charge in [-0.15, -0.1) is 0 Å². The smallest absolute Gasteiger partial charge is 0.328 e. The summed E-state index contributed by atoms with van der Waals surface area (Å²) in [7, 11) is 1.32. The summed E-state index contributed by atoms with van der Waals surface area (Å²) in [6.07, 6.45) is 2.19. The van der Waals surface area contributed by atoms with E-state index in [-0.39, 0.29) is 5.91 Å². The minimum Gasteiger partial charge on any atom is -0.467 e. The van der Waals surface area contributed by atoms with Crippen LogP contribution in [0.15, 0.2) is 0 Å². The van der Waals surface area contributed by atoms with Gasteiger partial charge in [-0.3, -0.25) is 4.79 Å². The molecule has 1 atom stereocenters. The van der Waals surface area contributed by atoms with Gasteiger partial charge in [-0.2, -0.15) is 0 Å². The van der Waals surface area contributed by atoms with Crippen LogP contribution < -0.4 is 11.1 Å². The highest BCUT2D eigenvalue weighted by atomic mass is 16.5. The number of hydrogen-bond acceptors (Lipinski definition) is 4. The van der Waals surface area contributed by atoms with Crippen molar-refractivity contribution in [2.24, 2.45) is 11.1 Å². The normalized spacial score (nSPS) is 13.0. The minimum absolute atomic E-state index is 0.152. The van der Waals surface area contributed by atoms with Crippen molar-refractivity contribution in [2.45, 2.75) is 46.1 Å². The molecule has 0 aromatic heterocycles. The summed E-state index contributed by atoms with van der Waals surface area (Å²) in [5.41, 5.74) is 4.88. The van der Waals surface area contributed by atoms with E-state index in [2.05, 4.69) is 10.1 Å². The first-order valence-electron chi connectivity index (χ1n) is 5.91. The Morgan fingerprint density at radius 2 is 1.88 bits per heavy atom. The first-order chi connectivity index (χ1) is 7.82. The van der Waals surface area contributed by atoms with E-state index < -0.39 is 17.4 Å². The van der Waals surface area contributed by atoms with E-state index in [9.17, 15) is 9.59 Å². The Kier molecular flexibility index (Phi) is 6.80. The zero-order valence-corrected chi connectivity index (χ0v) is 11.2. The van der Waals surface area contributed by atoms with Crippen molar-refractivity contribution in [3.05, 3.63) is 0 Å². The SMILES string of the molecule is COC(=O)C(CCCCN)NC(=O)C(C)(C)C. The standard InChI is InChI=1S/C12H24N2O3/c1-12(2,3)11(16)14-9(10(15)17-4)7-5-6-8-13/h9H,5-8,13H2,1-4H3,(H,14,16). The van der Waals surface area contributed by atoms with Gasteiger partial charge in [0.25, 0.3) is 0 Å². The summed E-state index contributed by atoms with van der Waals surface area (Å²) in [5.74, 6) is -0.555. The number of ether oxygens (including phenoxy) is 1.